The molecule has 3 aromatic carbocycles. The first-order chi connectivity index (χ1) is 12.7. The fourth-order valence-corrected chi connectivity index (χ4v) is 2.39. The van der Waals surface area contributed by atoms with Gasteiger partial charge in [0.1, 0.15) is 17.3 Å². The van der Waals surface area contributed by atoms with Crippen LogP contribution in [0.15, 0.2) is 77.3 Å². The maximum absolute atomic E-state index is 12.9. The van der Waals surface area contributed by atoms with Crippen molar-refractivity contribution >= 4 is 5.69 Å². The average molecular weight is 347 g/mol. The molecule has 0 aliphatic rings. The van der Waals surface area contributed by atoms with Crippen molar-refractivity contribution in [1.29, 1.82) is 0 Å². The largest absolute Gasteiger partial charge is 0.457 e. The van der Waals surface area contributed by atoms with E-state index in [1.54, 1.807) is 36.4 Å². The topological polar surface area (TPSA) is 74.2 Å². The molecule has 1 heterocycles. The van der Waals surface area contributed by atoms with Crippen LogP contribution in [0.5, 0.6) is 11.5 Å². The summed E-state index contributed by atoms with van der Waals surface area (Å²) >= 11 is 0. The van der Waals surface area contributed by atoms with E-state index in [0.717, 1.165) is 11.1 Å². The lowest BCUT2D eigenvalue weighted by Gasteiger charge is -2.05. The number of nitrogen functional groups attached to an aromatic ring is 1. The van der Waals surface area contributed by atoms with Gasteiger partial charge in [-0.2, -0.15) is 4.98 Å². The molecule has 0 amide bonds. The summed E-state index contributed by atoms with van der Waals surface area (Å²) in [5, 5.41) is 4.01. The van der Waals surface area contributed by atoms with Crippen LogP contribution in [0, 0.1) is 5.82 Å². The number of aromatic nitrogens is 2. The highest BCUT2D eigenvalue weighted by Crippen LogP contribution is 2.26. The van der Waals surface area contributed by atoms with Crippen molar-refractivity contribution in [2.24, 2.45) is 0 Å². The second kappa shape index (κ2) is 6.68. The summed E-state index contributed by atoms with van der Waals surface area (Å²) < 4.78 is 23.9. The molecule has 0 atom stereocenters. The number of hydrogen-bond donors (Lipinski definition) is 1. The Balaban J connectivity index is 1.52. The smallest absolute Gasteiger partial charge is 0.258 e. The number of ether oxygens (including phenoxy) is 1. The van der Waals surface area contributed by atoms with Crippen molar-refractivity contribution in [2.45, 2.75) is 0 Å². The average Bonchev–Trinajstić information content (AvgIpc) is 3.15. The van der Waals surface area contributed by atoms with Gasteiger partial charge in [-0.1, -0.05) is 5.16 Å². The Hall–Kier alpha value is -3.67. The molecule has 4 rings (SSSR count). The van der Waals surface area contributed by atoms with E-state index in [1.165, 1.54) is 12.1 Å². The predicted molar refractivity (Wildman–Crippen MR) is 96.1 cm³/mol. The van der Waals surface area contributed by atoms with Crippen LogP contribution < -0.4 is 10.5 Å². The lowest BCUT2D eigenvalue weighted by molar-refractivity contribution is 0.432. The molecule has 26 heavy (non-hydrogen) atoms. The van der Waals surface area contributed by atoms with Gasteiger partial charge < -0.3 is 15.0 Å². The van der Waals surface area contributed by atoms with Gasteiger partial charge >= 0.3 is 0 Å². The van der Waals surface area contributed by atoms with E-state index in [4.69, 9.17) is 15.0 Å². The zero-order chi connectivity index (χ0) is 17.9. The zero-order valence-electron chi connectivity index (χ0n) is 13.6. The van der Waals surface area contributed by atoms with Gasteiger partial charge in [-0.25, -0.2) is 4.39 Å². The van der Waals surface area contributed by atoms with Crippen molar-refractivity contribution in [3.63, 3.8) is 0 Å². The molecule has 0 bridgehead atoms. The van der Waals surface area contributed by atoms with E-state index in [9.17, 15) is 4.39 Å². The predicted octanol–water partition coefficient (Wildman–Crippen LogP) is 4.92. The summed E-state index contributed by atoms with van der Waals surface area (Å²) in [6, 6.07) is 20.3. The number of nitrogens with two attached hydrogens (primary N) is 1. The third-order valence-electron chi connectivity index (χ3n) is 3.75. The summed E-state index contributed by atoms with van der Waals surface area (Å²) in [6.45, 7) is 0. The molecule has 4 aromatic rings. The first-order valence-corrected chi connectivity index (χ1v) is 7.91. The lowest BCUT2D eigenvalue weighted by Crippen LogP contribution is -1.86. The van der Waals surface area contributed by atoms with Crippen molar-refractivity contribution in [2.75, 3.05) is 5.73 Å². The molecule has 2 N–H and O–H groups in total. The molecule has 5 nitrogen and oxygen atoms in total. The zero-order valence-corrected chi connectivity index (χ0v) is 13.6. The Bertz CT molecular complexity index is 1010. The second-order valence-corrected chi connectivity index (χ2v) is 5.63. The highest BCUT2D eigenvalue weighted by Gasteiger charge is 2.10. The molecule has 6 heteroatoms. The highest BCUT2D eigenvalue weighted by molar-refractivity contribution is 5.62. The molecular weight excluding hydrogens is 333 g/mol. The molecule has 0 saturated heterocycles. The molecule has 0 saturated carbocycles. The van der Waals surface area contributed by atoms with E-state index in [1.807, 2.05) is 24.3 Å². The van der Waals surface area contributed by atoms with Gasteiger partial charge in [0.15, 0.2) is 0 Å². The summed E-state index contributed by atoms with van der Waals surface area (Å²) in [4.78, 5) is 4.40. The van der Waals surface area contributed by atoms with Gasteiger partial charge in [0, 0.05) is 16.8 Å². The van der Waals surface area contributed by atoms with Crippen LogP contribution in [0.4, 0.5) is 10.1 Å². The minimum atomic E-state index is -0.304. The summed E-state index contributed by atoms with van der Waals surface area (Å²) in [6.07, 6.45) is 0. The number of hydrogen-bond acceptors (Lipinski definition) is 5. The van der Waals surface area contributed by atoms with Gasteiger partial charge in [-0.3, -0.25) is 0 Å². The van der Waals surface area contributed by atoms with Gasteiger partial charge in [-0.05, 0) is 72.8 Å². The molecule has 0 spiro atoms. The molecule has 0 radical (unpaired) electrons. The molecule has 0 aliphatic carbocycles. The van der Waals surface area contributed by atoms with Crippen molar-refractivity contribution < 1.29 is 13.7 Å². The number of benzene rings is 3. The van der Waals surface area contributed by atoms with E-state index < -0.39 is 0 Å². The standard InChI is InChI=1S/C20H14FN3O2/c21-15-5-11-18(12-6-15)25-17-9-3-13(4-10-17)19-23-20(26-24-19)14-1-7-16(22)8-2-14/h1-12H,22H2. The van der Waals surface area contributed by atoms with E-state index in [-0.39, 0.29) is 5.82 Å². The monoisotopic (exact) mass is 347 g/mol. The minimum Gasteiger partial charge on any atom is -0.457 e. The molecule has 0 unspecified atom stereocenters. The molecule has 0 fully saturated rings. The Labute approximate surface area is 148 Å². The van der Waals surface area contributed by atoms with Crippen molar-refractivity contribution in [1.82, 2.24) is 10.1 Å². The summed E-state index contributed by atoms with van der Waals surface area (Å²) in [7, 11) is 0. The highest BCUT2D eigenvalue weighted by atomic mass is 19.1. The second-order valence-electron chi connectivity index (χ2n) is 5.63. The first-order valence-electron chi connectivity index (χ1n) is 7.91. The Kier molecular flexibility index (Phi) is 4.07. The molecular formula is C20H14FN3O2. The maximum atomic E-state index is 12.9. The van der Waals surface area contributed by atoms with Crippen LogP contribution in [0.2, 0.25) is 0 Å². The third-order valence-corrected chi connectivity index (χ3v) is 3.75. The number of rotatable bonds is 4. The van der Waals surface area contributed by atoms with Gasteiger partial charge in [-0.15, -0.1) is 0 Å². The van der Waals surface area contributed by atoms with Crippen molar-refractivity contribution in [3.8, 4) is 34.3 Å². The third kappa shape index (κ3) is 3.39. The van der Waals surface area contributed by atoms with E-state index in [0.29, 0.717) is 28.9 Å². The Morgan fingerprint density at radius 2 is 1.35 bits per heavy atom. The van der Waals surface area contributed by atoms with Crippen LogP contribution >= 0.6 is 0 Å². The maximum Gasteiger partial charge on any atom is 0.258 e. The SMILES string of the molecule is Nc1ccc(-c2nc(-c3ccc(Oc4ccc(F)cc4)cc3)no2)cc1. The molecule has 128 valence electrons. The van der Waals surface area contributed by atoms with Crippen molar-refractivity contribution in [3.05, 3.63) is 78.6 Å². The Morgan fingerprint density at radius 1 is 0.769 bits per heavy atom. The first kappa shape index (κ1) is 15.8. The quantitative estimate of drug-likeness (QED) is 0.531. The van der Waals surface area contributed by atoms with Crippen LogP contribution in [-0.4, -0.2) is 10.1 Å². The molecule has 0 aliphatic heterocycles. The van der Waals surface area contributed by atoms with E-state index in [2.05, 4.69) is 10.1 Å². The molecule has 1 aromatic heterocycles. The van der Waals surface area contributed by atoms with Crippen LogP contribution in [0.1, 0.15) is 0 Å². The minimum absolute atomic E-state index is 0.304. The van der Waals surface area contributed by atoms with Gasteiger partial charge in [0.25, 0.3) is 5.89 Å². The normalized spacial score (nSPS) is 10.7. The summed E-state index contributed by atoms with van der Waals surface area (Å²) in [5.41, 5.74) is 7.95. The Morgan fingerprint density at radius 3 is 2.00 bits per heavy atom. The summed E-state index contributed by atoms with van der Waals surface area (Å²) in [5.74, 6) is 1.78. The van der Waals surface area contributed by atoms with Crippen LogP contribution in [0.25, 0.3) is 22.8 Å². The van der Waals surface area contributed by atoms with E-state index >= 15 is 0 Å². The number of halogens is 1. The van der Waals surface area contributed by atoms with Crippen LogP contribution in [0.3, 0.4) is 0 Å². The number of anilines is 1. The number of nitrogens with zero attached hydrogens (tertiary/aromatic N) is 2. The lowest BCUT2D eigenvalue weighted by atomic mass is 10.2. The van der Waals surface area contributed by atoms with Gasteiger partial charge in [0.2, 0.25) is 5.82 Å². The van der Waals surface area contributed by atoms with Gasteiger partial charge in [0.05, 0.1) is 0 Å². The van der Waals surface area contributed by atoms with Crippen LogP contribution in [-0.2, 0) is 0 Å². The fourth-order valence-electron chi connectivity index (χ4n) is 2.39. The fraction of sp³-hybridized carbons (Fsp3) is 0.